The zero-order valence-electron chi connectivity index (χ0n) is 15.2. The highest BCUT2D eigenvalue weighted by Gasteiger charge is 2.29. The van der Waals surface area contributed by atoms with Crippen molar-refractivity contribution in [2.45, 2.75) is 18.8 Å². The number of nitrogens with zero attached hydrogens (tertiary/aromatic N) is 5. The molecule has 3 aromatic rings. The lowest BCUT2D eigenvalue weighted by Gasteiger charge is -2.31. The third-order valence-electron chi connectivity index (χ3n) is 5.00. The molecule has 0 radical (unpaired) electrons. The first-order valence-corrected chi connectivity index (χ1v) is 9.07. The Kier molecular flexibility index (Phi) is 4.58. The van der Waals surface area contributed by atoms with Crippen molar-refractivity contribution in [1.82, 2.24) is 24.2 Å². The molecule has 7 nitrogen and oxygen atoms in total. The van der Waals surface area contributed by atoms with Crippen LogP contribution in [0, 0.1) is 0 Å². The van der Waals surface area contributed by atoms with Gasteiger partial charge in [0.1, 0.15) is 11.5 Å². The number of amides is 1. The van der Waals surface area contributed by atoms with Crippen molar-refractivity contribution in [1.29, 1.82) is 0 Å². The van der Waals surface area contributed by atoms with Gasteiger partial charge in [0.2, 0.25) is 0 Å². The minimum atomic E-state index is -0.150. The van der Waals surface area contributed by atoms with Crippen LogP contribution in [0.15, 0.2) is 59.5 Å². The maximum Gasteiger partial charge on any atom is 0.350 e. The highest BCUT2D eigenvalue weighted by Crippen LogP contribution is 2.28. The number of pyridine rings is 1. The second kappa shape index (κ2) is 7.19. The van der Waals surface area contributed by atoms with E-state index in [0.717, 1.165) is 24.4 Å². The summed E-state index contributed by atoms with van der Waals surface area (Å²) in [6.07, 6.45) is 3.16. The summed E-state index contributed by atoms with van der Waals surface area (Å²) in [5, 5.41) is 4.49. The summed E-state index contributed by atoms with van der Waals surface area (Å²) in [4.78, 5) is 31.1. The number of hydrogen-bond donors (Lipinski definition) is 0. The smallest absolute Gasteiger partial charge is 0.337 e. The Balaban J connectivity index is 1.55. The van der Waals surface area contributed by atoms with Crippen molar-refractivity contribution in [2.24, 2.45) is 7.05 Å². The number of benzene rings is 1. The van der Waals surface area contributed by atoms with E-state index in [4.69, 9.17) is 0 Å². The third kappa shape index (κ3) is 3.28. The van der Waals surface area contributed by atoms with Crippen LogP contribution in [0.3, 0.4) is 0 Å². The summed E-state index contributed by atoms with van der Waals surface area (Å²) >= 11 is 0. The molecule has 0 bridgehead atoms. The van der Waals surface area contributed by atoms with Gasteiger partial charge in [0, 0.05) is 32.3 Å². The van der Waals surface area contributed by atoms with Gasteiger partial charge in [0.15, 0.2) is 0 Å². The minimum absolute atomic E-state index is 0.0458. The molecule has 1 fully saturated rings. The zero-order valence-corrected chi connectivity index (χ0v) is 15.2. The molecule has 7 heteroatoms. The fourth-order valence-electron chi connectivity index (χ4n) is 3.56. The van der Waals surface area contributed by atoms with Crippen LogP contribution in [0.4, 0.5) is 0 Å². The number of carbonyl (C=O) groups excluding carboxylic acids is 1. The van der Waals surface area contributed by atoms with Crippen molar-refractivity contribution < 1.29 is 4.79 Å². The van der Waals surface area contributed by atoms with Gasteiger partial charge in [-0.2, -0.15) is 5.10 Å². The fraction of sp³-hybridized carbons (Fsp3) is 0.300. The number of aryl methyl sites for hydroxylation is 1. The molecule has 0 N–H and O–H groups in total. The Bertz CT molecular complexity index is 986. The van der Waals surface area contributed by atoms with Crippen LogP contribution in [0.2, 0.25) is 0 Å². The Morgan fingerprint density at radius 1 is 1.04 bits per heavy atom. The van der Waals surface area contributed by atoms with Gasteiger partial charge < -0.3 is 4.90 Å². The lowest BCUT2D eigenvalue weighted by Crippen LogP contribution is -2.38. The molecular formula is C20H21N5O2. The largest absolute Gasteiger partial charge is 0.350 e. The Morgan fingerprint density at radius 3 is 2.41 bits per heavy atom. The summed E-state index contributed by atoms with van der Waals surface area (Å²) in [6.45, 7) is 1.25. The predicted molar refractivity (Wildman–Crippen MR) is 101 cm³/mol. The summed E-state index contributed by atoms with van der Waals surface area (Å²) in [7, 11) is 1.67. The van der Waals surface area contributed by atoms with Crippen molar-refractivity contribution >= 4 is 5.91 Å². The molecule has 0 spiro atoms. The molecule has 4 rings (SSSR count). The van der Waals surface area contributed by atoms with Crippen LogP contribution in [-0.4, -0.2) is 43.2 Å². The first kappa shape index (κ1) is 17.2. The summed E-state index contributed by atoms with van der Waals surface area (Å²) in [5.74, 6) is 0.848. The summed E-state index contributed by atoms with van der Waals surface area (Å²) in [5.41, 5.74) is 1.13. The minimum Gasteiger partial charge on any atom is -0.337 e. The van der Waals surface area contributed by atoms with E-state index in [1.807, 2.05) is 41.3 Å². The highest BCUT2D eigenvalue weighted by atomic mass is 16.2. The average Bonchev–Trinajstić information content (AvgIpc) is 3.03. The maximum absolute atomic E-state index is 12.6. The summed E-state index contributed by atoms with van der Waals surface area (Å²) < 4.78 is 3.06. The fourth-order valence-corrected chi connectivity index (χ4v) is 3.56. The second-order valence-corrected chi connectivity index (χ2v) is 6.72. The van der Waals surface area contributed by atoms with Crippen LogP contribution in [0.5, 0.6) is 0 Å². The Morgan fingerprint density at radius 2 is 1.74 bits per heavy atom. The average molecular weight is 363 g/mol. The van der Waals surface area contributed by atoms with Gasteiger partial charge in [-0.15, -0.1) is 0 Å². The van der Waals surface area contributed by atoms with E-state index in [9.17, 15) is 9.59 Å². The van der Waals surface area contributed by atoms with Crippen LogP contribution in [0.25, 0.3) is 5.69 Å². The number of aromatic nitrogens is 4. The first-order valence-electron chi connectivity index (χ1n) is 9.07. The molecule has 0 unspecified atom stereocenters. The van der Waals surface area contributed by atoms with Gasteiger partial charge in [-0.05, 0) is 37.1 Å². The van der Waals surface area contributed by atoms with Gasteiger partial charge in [0.05, 0.1) is 5.69 Å². The van der Waals surface area contributed by atoms with Gasteiger partial charge in [-0.25, -0.2) is 14.0 Å². The monoisotopic (exact) mass is 363 g/mol. The van der Waals surface area contributed by atoms with Gasteiger partial charge in [-0.3, -0.25) is 9.78 Å². The molecular weight excluding hydrogens is 342 g/mol. The normalized spacial score (nSPS) is 15.1. The molecule has 3 heterocycles. The molecule has 0 atom stereocenters. The van der Waals surface area contributed by atoms with E-state index in [1.54, 1.807) is 29.9 Å². The highest BCUT2D eigenvalue weighted by molar-refractivity contribution is 5.92. The molecule has 138 valence electrons. The lowest BCUT2D eigenvalue weighted by atomic mass is 9.95. The van der Waals surface area contributed by atoms with E-state index in [0.29, 0.717) is 18.8 Å². The van der Waals surface area contributed by atoms with Crippen molar-refractivity contribution in [3.8, 4) is 5.69 Å². The summed E-state index contributed by atoms with van der Waals surface area (Å²) in [6, 6.07) is 14.9. The van der Waals surface area contributed by atoms with Crippen molar-refractivity contribution in [3.63, 3.8) is 0 Å². The number of rotatable bonds is 3. The van der Waals surface area contributed by atoms with Crippen molar-refractivity contribution in [3.05, 3.63) is 76.7 Å². The number of likely N-dealkylation sites (tertiary alicyclic amines) is 1. The van der Waals surface area contributed by atoms with Gasteiger partial charge >= 0.3 is 5.69 Å². The predicted octanol–water partition coefficient (Wildman–Crippen LogP) is 1.99. The van der Waals surface area contributed by atoms with Crippen LogP contribution >= 0.6 is 0 Å². The second-order valence-electron chi connectivity index (χ2n) is 6.72. The topological polar surface area (TPSA) is 73.0 Å². The van der Waals surface area contributed by atoms with E-state index in [-0.39, 0.29) is 17.5 Å². The first-order chi connectivity index (χ1) is 13.1. The van der Waals surface area contributed by atoms with Crippen molar-refractivity contribution in [2.75, 3.05) is 13.1 Å². The number of hydrogen-bond acceptors (Lipinski definition) is 4. The van der Waals surface area contributed by atoms with E-state index >= 15 is 0 Å². The van der Waals surface area contributed by atoms with Crippen LogP contribution in [-0.2, 0) is 7.05 Å². The number of para-hydroxylation sites is 1. The van der Waals surface area contributed by atoms with Crippen LogP contribution < -0.4 is 5.69 Å². The van der Waals surface area contributed by atoms with Gasteiger partial charge in [0.25, 0.3) is 5.91 Å². The standard InChI is InChI=1S/C20H21N5O2/c1-23-20(27)25(16-7-3-2-4-8-16)18(22-23)15-10-13-24(14-11-15)19(26)17-9-5-6-12-21-17/h2-9,12,15H,10-11,13-14H2,1H3. The van der Waals surface area contributed by atoms with E-state index in [1.165, 1.54) is 4.68 Å². The number of carbonyl (C=O) groups is 1. The molecule has 1 aliphatic heterocycles. The Labute approximate surface area is 156 Å². The van der Waals surface area contributed by atoms with Gasteiger partial charge in [-0.1, -0.05) is 24.3 Å². The van der Waals surface area contributed by atoms with Crippen LogP contribution in [0.1, 0.15) is 35.1 Å². The molecule has 1 amide bonds. The quantitative estimate of drug-likeness (QED) is 0.713. The van der Waals surface area contributed by atoms with E-state index < -0.39 is 0 Å². The molecule has 0 aliphatic carbocycles. The third-order valence-corrected chi connectivity index (χ3v) is 5.00. The molecule has 27 heavy (non-hydrogen) atoms. The maximum atomic E-state index is 12.6. The SMILES string of the molecule is Cn1nc(C2CCN(C(=O)c3ccccn3)CC2)n(-c2ccccc2)c1=O. The Hall–Kier alpha value is -3.22. The molecule has 1 aromatic carbocycles. The molecule has 0 saturated carbocycles. The lowest BCUT2D eigenvalue weighted by molar-refractivity contribution is 0.0704. The molecule has 1 aliphatic rings. The molecule has 1 saturated heterocycles. The number of piperidine rings is 1. The van der Waals surface area contributed by atoms with E-state index in [2.05, 4.69) is 10.1 Å². The molecule has 2 aromatic heterocycles. The zero-order chi connectivity index (χ0) is 18.8.